The highest BCUT2D eigenvalue weighted by Crippen LogP contribution is 2.20. The topological polar surface area (TPSA) is 91.5 Å². The molecule has 116 valence electrons. The monoisotopic (exact) mass is 293 g/mol. The van der Waals surface area contributed by atoms with E-state index in [1.807, 2.05) is 23.9 Å². The number of anilines is 2. The average Bonchev–Trinajstić information content (AvgIpc) is 2.45. The Morgan fingerprint density at radius 1 is 1.19 bits per heavy atom. The lowest BCUT2D eigenvalue weighted by Gasteiger charge is -2.37. The van der Waals surface area contributed by atoms with Crippen LogP contribution < -0.4 is 10.6 Å². The summed E-state index contributed by atoms with van der Waals surface area (Å²) in [6.07, 6.45) is 0. The van der Waals surface area contributed by atoms with Crippen molar-refractivity contribution in [1.82, 2.24) is 24.8 Å². The highest BCUT2D eigenvalue weighted by molar-refractivity contribution is 5.73. The van der Waals surface area contributed by atoms with E-state index in [9.17, 15) is 4.79 Å². The molecule has 1 aromatic heterocycles. The molecule has 2 rings (SSSR count). The van der Waals surface area contributed by atoms with Crippen LogP contribution >= 0.6 is 0 Å². The lowest BCUT2D eigenvalue weighted by Crippen LogP contribution is -2.48. The first kappa shape index (κ1) is 15.4. The van der Waals surface area contributed by atoms with Gasteiger partial charge in [0.1, 0.15) is 0 Å². The molecule has 1 aliphatic heterocycles. The Balaban J connectivity index is 2.10. The van der Waals surface area contributed by atoms with Crippen LogP contribution in [0.25, 0.3) is 0 Å². The van der Waals surface area contributed by atoms with Crippen LogP contribution in [0.4, 0.5) is 11.9 Å². The Morgan fingerprint density at radius 2 is 1.81 bits per heavy atom. The van der Waals surface area contributed by atoms with Gasteiger partial charge >= 0.3 is 0 Å². The number of carbonyl (C=O) groups excluding carboxylic acids is 1. The van der Waals surface area contributed by atoms with Gasteiger partial charge in [-0.3, -0.25) is 9.69 Å². The summed E-state index contributed by atoms with van der Waals surface area (Å²) in [4.78, 5) is 30.1. The van der Waals surface area contributed by atoms with E-state index >= 15 is 0 Å². The summed E-state index contributed by atoms with van der Waals surface area (Å²) in [6, 6.07) is 0.0445. The first-order valence-electron chi connectivity index (χ1n) is 7.07. The highest BCUT2D eigenvalue weighted by atomic mass is 16.2. The van der Waals surface area contributed by atoms with Crippen LogP contribution in [-0.4, -0.2) is 70.9 Å². The van der Waals surface area contributed by atoms with Gasteiger partial charge in [0.25, 0.3) is 0 Å². The van der Waals surface area contributed by atoms with Crippen LogP contribution in [0.3, 0.4) is 0 Å². The van der Waals surface area contributed by atoms with E-state index in [-0.39, 0.29) is 17.9 Å². The van der Waals surface area contributed by atoms with Crippen molar-refractivity contribution in [2.75, 3.05) is 50.9 Å². The van der Waals surface area contributed by atoms with Gasteiger partial charge in [0, 0.05) is 47.2 Å². The predicted octanol–water partition coefficient (Wildman–Crippen LogP) is -0.255. The highest BCUT2D eigenvalue weighted by Gasteiger charge is 2.25. The van der Waals surface area contributed by atoms with Crippen LogP contribution in [0, 0.1) is 0 Å². The maximum absolute atomic E-state index is 11.4. The first-order valence-corrected chi connectivity index (χ1v) is 7.07. The molecule has 1 unspecified atom stereocenters. The minimum atomic E-state index is 0.0445. The summed E-state index contributed by atoms with van der Waals surface area (Å²) >= 11 is 0. The molecule has 1 fully saturated rings. The molecule has 0 aliphatic carbocycles. The fourth-order valence-corrected chi connectivity index (χ4v) is 2.37. The van der Waals surface area contributed by atoms with Crippen LogP contribution in [-0.2, 0) is 4.79 Å². The minimum Gasteiger partial charge on any atom is -0.368 e. The maximum atomic E-state index is 11.4. The van der Waals surface area contributed by atoms with Gasteiger partial charge in [-0.25, -0.2) is 0 Å². The Bertz CT molecular complexity index is 511. The van der Waals surface area contributed by atoms with E-state index in [4.69, 9.17) is 5.73 Å². The first-order chi connectivity index (χ1) is 9.88. The van der Waals surface area contributed by atoms with Crippen molar-refractivity contribution in [2.45, 2.75) is 19.9 Å². The molecule has 8 nitrogen and oxygen atoms in total. The molecule has 1 aliphatic rings. The van der Waals surface area contributed by atoms with Gasteiger partial charge in [0.15, 0.2) is 5.82 Å². The third-order valence-electron chi connectivity index (χ3n) is 3.74. The molecule has 0 spiro atoms. The zero-order valence-electron chi connectivity index (χ0n) is 13.1. The minimum absolute atomic E-state index is 0.0445. The SMILES string of the molecule is CC(=O)N1CCN(C(C)c2nc(N)nc(N(C)C)n2)CC1. The number of hydrogen-bond donors (Lipinski definition) is 1. The number of rotatable bonds is 3. The van der Waals surface area contributed by atoms with Crippen LogP contribution in [0.15, 0.2) is 0 Å². The molecule has 0 aromatic carbocycles. The van der Waals surface area contributed by atoms with E-state index in [1.54, 1.807) is 6.92 Å². The number of piperazine rings is 1. The van der Waals surface area contributed by atoms with Gasteiger partial charge in [-0.1, -0.05) is 0 Å². The summed E-state index contributed by atoms with van der Waals surface area (Å²) in [7, 11) is 3.74. The summed E-state index contributed by atoms with van der Waals surface area (Å²) in [5.74, 6) is 1.59. The van der Waals surface area contributed by atoms with Gasteiger partial charge in [-0.2, -0.15) is 15.0 Å². The Morgan fingerprint density at radius 3 is 2.33 bits per heavy atom. The molecule has 8 heteroatoms. The third-order valence-corrected chi connectivity index (χ3v) is 3.74. The van der Waals surface area contributed by atoms with Crippen molar-refractivity contribution < 1.29 is 4.79 Å². The van der Waals surface area contributed by atoms with Gasteiger partial charge in [0.05, 0.1) is 6.04 Å². The van der Waals surface area contributed by atoms with Crippen LogP contribution in [0.5, 0.6) is 0 Å². The molecule has 0 bridgehead atoms. The molecule has 1 atom stereocenters. The second kappa shape index (κ2) is 6.21. The predicted molar refractivity (Wildman–Crippen MR) is 80.8 cm³/mol. The number of amides is 1. The zero-order chi connectivity index (χ0) is 15.6. The lowest BCUT2D eigenvalue weighted by atomic mass is 10.2. The maximum Gasteiger partial charge on any atom is 0.229 e. The second-order valence-electron chi connectivity index (χ2n) is 5.46. The molecular formula is C13H23N7O. The molecule has 0 radical (unpaired) electrons. The number of nitrogen functional groups attached to an aromatic ring is 1. The van der Waals surface area contributed by atoms with Gasteiger partial charge in [-0.05, 0) is 6.92 Å². The van der Waals surface area contributed by atoms with Crippen molar-refractivity contribution in [3.63, 3.8) is 0 Å². The van der Waals surface area contributed by atoms with Gasteiger partial charge in [0.2, 0.25) is 17.8 Å². The third kappa shape index (κ3) is 3.57. The van der Waals surface area contributed by atoms with Crippen molar-refractivity contribution in [3.05, 3.63) is 5.82 Å². The molecule has 21 heavy (non-hydrogen) atoms. The van der Waals surface area contributed by atoms with E-state index < -0.39 is 0 Å². The number of carbonyl (C=O) groups is 1. The molecule has 2 N–H and O–H groups in total. The molecule has 1 amide bonds. The fourth-order valence-electron chi connectivity index (χ4n) is 2.37. The van der Waals surface area contributed by atoms with E-state index in [2.05, 4.69) is 26.8 Å². The standard InChI is InChI=1S/C13H23N7O/c1-9(19-5-7-20(8-6-19)10(2)21)11-15-12(14)17-13(16-11)18(3)4/h9H,5-8H2,1-4H3,(H2,14,15,16,17). The fraction of sp³-hybridized carbons (Fsp3) is 0.692. The van der Waals surface area contributed by atoms with Gasteiger partial charge < -0.3 is 15.5 Å². The molecule has 2 heterocycles. The Hall–Kier alpha value is -1.96. The van der Waals surface area contributed by atoms with Crippen molar-refractivity contribution in [1.29, 1.82) is 0 Å². The van der Waals surface area contributed by atoms with Crippen molar-refractivity contribution in [2.24, 2.45) is 0 Å². The second-order valence-corrected chi connectivity index (χ2v) is 5.46. The van der Waals surface area contributed by atoms with Crippen LogP contribution in [0.1, 0.15) is 25.7 Å². The zero-order valence-corrected chi connectivity index (χ0v) is 13.1. The molecule has 1 aromatic rings. The number of nitrogens with two attached hydrogens (primary N) is 1. The Kier molecular flexibility index (Phi) is 4.56. The Labute approximate surface area is 125 Å². The van der Waals surface area contributed by atoms with Crippen molar-refractivity contribution in [3.8, 4) is 0 Å². The molecular weight excluding hydrogens is 270 g/mol. The van der Waals surface area contributed by atoms with E-state index in [0.29, 0.717) is 11.8 Å². The average molecular weight is 293 g/mol. The summed E-state index contributed by atoms with van der Waals surface area (Å²) in [5.41, 5.74) is 5.77. The quantitative estimate of drug-likeness (QED) is 0.821. The van der Waals surface area contributed by atoms with E-state index in [1.165, 1.54) is 0 Å². The normalized spacial score (nSPS) is 17.6. The smallest absolute Gasteiger partial charge is 0.229 e. The number of nitrogens with zero attached hydrogens (tertiary/aromatic N) is 6. The summed E-state index contributed by atoms with van der Waals surface area (Å²) in [6.45, 7) is 6.75. The largest absolute Gasteiger partial charge is 0.368 e. The van der Waals surface area contributed by atoms with Gasteiger partial charge in [-0.15, -0.1) is 0 Å². The number of hydrogen-bond acceptors (Lipinski definition) is 7. The van der Waals surface area contributed by atoms with E-state index in [0.717, 1.165) is 26.2 Å². The van der Waals surface area contributed by atoms with Crippen LogP contribution in [0.2, 0.25) is 0 Å². The molecule has 1 saturated heterocycles. The lowest BCUT2D eigenvalue weighted by molar-refractivity contribution is -0.130. The molecule has 0 saturated carbocycles. The summed E-state index contributed by atoms with van der Waals surface area (Å²) < 4.78 is 0. The number of aromatic nitrogens is 3. The summed E-state index contributed by atoms with van der Waals surface area (Å²) in [5, 5.41) is 0. The van der Waals surface area contributed by atoms with Crippen molar-refractivity contribution >= 4 is 17.8 Å².